The van der Waals surface area contributed by atoms with Crippen LogP contribution in [0.1, 0.15) is 39.0 Å². The summed E-state index contributed by atoms with van der Waals surface area (Å²) >= 11 is 5.98. The molecule has 2 heterocycles. The highest BCUT2D eigenvalue weighted by Crippen LogP contribution is 2.26. The van der Waals surface area contributed by atoms with Crippen molar-refractivity contribution in [3.8, 4) is 0 Å². The van der Waals surface area contributed by atoms with Gasteiger partial charge in [-0.3, -0.25) is 0 Å². The minimum absolute atomic E-state index is 0.136. The number of morpholine rings is 1. The molecule has 0 spiro atoms. The summed E-state index contributed by atoms with van der Waals surface area (Å²) in [7, 11) is 0. The van der Waals surface area contributed by atoms with Crippen LogP contribution in [-0.4, -0.2) is 29.8 Å². The van der Waals surface area contributed by atoms with Gasteiger partial charge < -0.3 is 9.64 Å². The number of hydrogen-bond donors (Lipinski definition) is 0. The number of ether oxygens (including phenoxy) is 1. The highest BCUT2D eigenvalue weighted by Gasteiger charge is 2.32. The molecule has 0 bridgehead atoms. The molecule has 1 atom stereocenters. The maximum absolute atomic E-state index is 5.98. The Bertz CT molecular complexity index is 426. The molecule has 1 saturated heterocycles. The lowest BCUT2D eigenvalue weighted by atomic mass is 10.1. The lowest BCUT2D eigenvalue weighted by Crippen LogP contribution is -2.52. The Morgan fingerprint density at radius 2 is 2.21 bits per heavy atom. The van der Waals surface area contributed by atoms with Crippen LogP contribution in [0.25, 0.3) is 0 Å². The second-order valence-electron chi connectivity index (χ2n) is 5.88. The molecule has 0 aromatic carbocycles. The number of pyridine rings is 1. The summed E-state index contributed by atoms with van der Waals surface area (Å²) in [6, 6.07) is 4.19. The standard InChI is InChI=1S/C15H23ClN2O/c1-5-13-6-12(8-16)7-14(17-13)18-9-11(2)19-15(3,4)10-18/h6-7,11H,5,8-10H2,1-4H3. The molecule has 1 aromatic heterocycles. The molecule has 1 aliphatic heterocycles. The Kier molecular flexibility index (Phi) is 4.36. The van der Waals surface area contributed by atoms with Crippen LogP contribution < -0.4 is 4.90 Å². The fourth-order valence-corrected chi connectivity index (χ4v) is 2.84. The van der Waals surface area contributed by atoms with Crippen molar-refractivity contribution in [2.75, 3.05) is 18.0 Å². The van der Waals surface area contributed by atoms with E-state index in [9.17, 15) is 0 Å². The zero-order valence-corrected chi connectivity index (χ0v) is 13.0. The predicted octanol–water partition coefficient (Wildman–Crippen LogP) is 3.39. The minimum Gasteiger partial charge on any atom is -0.369 e. The number of halogens is 1. The Hall–Kier alpha value is -0.800. The molecule has 4 heteroatoms. The van der Waals surface area contributed by atoms with Gasteiger partial charge in [0, 0.05) is 24.7 Å². The Labute approximate surface area is 120 Å². The van der Waals surface area contributed by atoms with E-state index >= 15 is 0 Å². The van der Waals surface area contributed by atoms with Gasteiger partial charge in [-0.2, -0.15) is 0 Å². The quantitative estimate of drug-likeness (QED) is 0.795. The van der Waals surface area contributed by atoms with Crippen molar-refractivity contribution in [3.63, 3.8) is 0 Å². The average molecular weight is 283 g/mol. The molecule has 0 saturated carbocycles. The van der Waals surface area contributed by atoms with Gasteiger partial charge in [0.15, 0.2) is 0 Å². The second-order valence-corrected chi connectivity index (χ2v) is 6.15. The third kappa shape index (κ3) is 3.61. The first kappa shape index (κ1) is 14.6. The number of rotatable bonds is 3. The molecule has 2 rings (SSSR count). The van der Waals surface area contributed by atoms with Crippen LogP contribution in [0.15, 0.2) is 12.1 Å². The smallest absolute Gasteiger partial charge is 0.129 e. The van der Waals surface area contributed by atoms with Crippen LogP contribution in [0.5, 0.6) is 0 Å². The van der Waals surface area contributed by atoms with Crippen molar-refractivity contribution in [1.82, 2.24) is 4.98 Å². The molecule has 1 aromatic rings. The lowest BCUT2D eigenvalue weighted by Gasteiger charge is -2.42. The molecule has 19 heavy (non-hydrogen) atoms. The number of hydrogen-bond acceptors (Lipinski definition) is 3. The first-order valence-electron chi connectivity index (χ1n) is 6.92. The Morgan fingerprint density at radius 3 is 2.79 bits per heavy atom. The van der Waals surface area contributed by atoms with Crippen molar-refractivity contribution < 1.29 is 4.74 Å². The molecule has 1 aliphatic rings. The fraction of sp³-hybridized carbons (Fsp3) is 0.667. The summed E-state index contributed by atoms with van der Waals surface area (Å²) in [6.45, 7) is 10.2. The third-order valence-corrected chi connectivity index (χ3v) is 3.64. The number of anilines is 1. The van der Waals surface area contributed by atoms with Crippen molar-refractivity contribution in [3.05, 3.63) is 23.4 Å². The molecular formula is C15H23ClN2O. The van der Waals surface area contributed by atoms with Crippen LogP contribution in [0.4, 0.5) is 5.82 Å². The Morgan fingerprint density at radius 1 is 1.47 bits per heavy atom. The van der Waals surface area contributed by atoms with Crippen molar-refractivity contribution in [1.29, 1.82) is 0 Å². The summed E-state index contributed by atoms with van der Waals surface area (Å²) in [5.41, 5.74) is 2.11. The second kappa shape index (κ2) is 5.68. The van der Waals surface area contributed by atoms with Gasteiger partial charge in [-0.15, -0.1) is 11.6 Å². The molecule has 0 aliphatic carbocycles. The largest absolute Gasteiger partial charge is 0.369 e. The van der Waals surface area contributed by atoms with Crippen LogP contribution in [-0.2, 0) is 17.0 Å². The summed E-state index contributed by atoms with van der Waals surface area (Å²) in [4.78, 5) is 7.04. The topological polar surface area (TPSA) is 25.4 Å². The highest BCUT2D eigenvalue weighted by atomic mass is 35.5. The third-order valence-electron chi connectivity index (χ3n) is 3.33. The van der Waals surface area contributed by atoms with E-state index in [0.29, 0.717) is 5.88 Å². The van der Waals surface area contributed by atoms with E-state index in [4.69, 9.17) is 21.3 Å². The van der Waals surface area contributed by atoms with Crippen LogP contribution in [0.3, 0.4) is 0 Å². The van der Waals surface area contributed by atoms with Gasteiger partial charge in [0.1, 0.15) is 5.82 Å². The number of nitrogens with zero attached hydrogens (tertiary/aromatic N) is 2. The zero-order valence-electron chi connectivity index (χ0n) is 12.2. The van der Waals surface area contributed by atoms with Gasteiger partial charge in [-0.25, -0.2) is 4.98 Å². The van der Waals surface area contributed by atoms with Crippen molar-refractivity contribution in [2.24, 2.45) is 0 Å². The summed E-state index contributed by atoms with van der Waals surface area (Å²) in [5.74, 6) is 1.56. The highest BCUT2D eigenvalue weighted by molar-refractivity contribution is 6.17. The Balaban J connectivity index is 2.29. The number of alkyl halides is 1. The number of aryl methyl sites for hydroxylation is 1. The van der Waals surface area contributed by atoms with Gasteiger partial charge in [-0.1, -0.05) is 6.92 Å². The molecule has 3 nitrogen and oxygen atoms in total. The maximum Gasteiger partial charge on any atom is 0.129 e. The minimum atomic E-state index is -0.136. The normalized spacial score (nSPS) is 22.6. The molecule has 1 fully saturated rings. The maximum atomic E-state index is 5.98. The van der Waals surface area contributed by atoms with E-state index in [2.05, 4.69) is 44.7 Å². The van der Waals surface area contributed by atoms with Crippen molar-refractivity contribution >= 4 is 17.4 Å². The molecule has 0 amide bonds. The summed E-state index contributed by atoms with van der Waals surface area (Å²) in [6.07, 6.45) is 1.15. The van der Waals surface area contributed by atoms with Crippen LogP contribution in [0.2, 0.25) is 0 Å². The lowest BCUT2D eigenvalue weighted by molar-refractivity contribution is -0.0751. The van der Waals surface area contributed by atoms with Gasteiger partial charge in [0.25, 0.3) is 0 Å². The van der Waals surface area contributed by atoms with Crippen molar-refractivity contribution in [2.45, 2.75) is 51.7 Å². The van der Waals surface area contributed by atoms with E-state index in [0.717, 1.165) is 36.6 Å². The molecule has 0 N–H and O–H groups in total. The average Bonchev–Trinajstić information content (AvgIpc) is 2.35. The first-order valence-corrected chi connectivity index (χ1v) is 7.45. The van der Waals surface area contributed by atoms with Gasteiger partial charge >= 0.3 is 0 Å². The van der Waals surface area contributed by atoms with Gasteiger partial charge in [-0.05, 0) is 44.9 Å². The van der Waals surface area contributed by atoms with E-state index in [1.807, 2.05) is 0 Å². The molecule has 1 unspecified atom stereocenters. The van der Waals surface area contributed by atoms with E-state index < -0.39 is 0 Å². The van der Waals surface area contributed by atoms with E-state index in [1.165, 1.54) is 0 Å². The van der Waals surface area contributed by atoms with Crippen LogP contribution >= 0.6 is 11.6 Å². The number of aromatic nitrogens is 1. The van der Waals surface area contributed by atoms with Gasteiger partial charge in [0.2, 0.25) is 0 Å². The van der Waals surface area contributed by atoms with Gasteiger partial charge in [0.05, 0.1) is 11.7 Å². The van der Waals surface area contributed by atoms with E-state index in [1.54, 1.807) is 0 Å². The summed E-state index contributed by atoms with van der Waals surface area (Å²) < 4.78 is 5.94. The monoisotopic (exact) mass is 282 g/mol. The first-order chi connectivity index (χ1) is 8.93. The van der Waals surface area contributed by atoms with Crippen LogP contribution in [0, 0.1) is 0 Å². The molecule has 106 valence electrons. The molecular weight excluding hydrogens is 260 g/mol. The SMILES string of the molecule is CCc1cc(CCl)cc(N2CC(C)OC(C)(C)C2)n1. The predicted molar refractivity (Wildman–Crippen MR) is 80.0 cm³/mol. The summed E-state index contributed by atoms with van der Waals surface area (Å²) in [5, 5.41) is 0. The molecule has 0 radical (unpaired) electrons. The zero-order chi connectivity index (χ0) is 14.0. The fourth-order valence-electron chi connectivity index (χ4n) is 2.68. The van der Waals surface area contributed by atoms with E-state index in [-0.39, 0.29) is 11.7 Å².